The van der Waals surface area contributed by atoms with Crippen molar-refractivity contribution in [2.75, 3.05) is 0 Å². The first kappa shape index (κ1) is 9.34. The molecule has 14 heavy (non-hydrogen) atoms. The second-order valence-electron chi connectivity index (χ2n) is 3.07. The highest BCUT2D eigenvalue weighted by molar-refractivity contribution is 8.12. The van der Waals surface area contributed by atoms with Crippen LogP contribution in [0.1, 0.15) is 12.5 Å². The van der Waals surface area contributed by atoms with Crippen molar-refractivity contribution in [1.29, 1.82) is 0 Å². The molecule has 0 fully saturated rings. The van der Waals surface area contributed by atoms with Crippen molar-refractivity contribution in [3.63, 3.8) is 0 Å². The van der Waals surface area contributed by atoms with Crippen molar-refractivity contribution in [3.8, 4) is 0 Å². The van der Waals surface area contributed by atoms with Gasteiger partial charge in [0.15, 0.2) is 5.12 Å². The second-order valence-corrected chi connectivity index (χ2v) is 4.23. The number of carbonyl (C=O) groups is 1. The van der Waals surface area contributed by atoms with Gasteiger partial charge in [-0.05, 0) is 23.8 Å². The highest BCUT2D eigenvalue weighted by Crippen LogP contribution is 2.20. The molecule has 0 spiro atoms. The van der Waals surface area contributed by atoms with E-state index in [1.807, 2.05) is 18.2 Å². The average molecular weight is 206 g/mol. The first-order valence-electron chi connectivity index (χ1n) is 4.35. The highest BCUT2D eigenvalue weighted by atomic mass is 32.2. The third kappa shape index (κ3) is 1.99. The zero-order chi connectivity index (χ0) is 9.97. The number of hydrogen-bond donors (Lipinski definition) is 0. The van der Waals surface area contributed by atoms with E-state index in [0.29, 0.717) is 0 Å². The maximum atomic E-state index is 10.8. The summed E-state index contributed by atoms with van der Waals surface area (Å²) in [5.41, 5.74) is 2.04. The number of thioether (sulfide) groups is 1. The van der Waals surface area contributed by atoms with Crippen molar-refractivity contribution in [2.45, 2.75) is 12.7 Å². The molecule has 0 N–H and O–H groups in total. The Morgan fingerprint density at radius 3 is 3.07 bits per heavy atom. The van der Waals surface area contributed by atoms with Crippen LogP contribution in [0, 0.1) is 0 Å². The third-order valence-corrected chi connectivity index (χ3v) is 2.84. The van der Waals surface area contributed by atoms with E-state index in [-0.39, 0.29) is 5.12 Å². The molecule has 1 aromatic heterocycles. The number of benzene rings is 1. The molecule has 0 aliphatic heterocycles. The van der Waals surface area contributed by atoms with Gasteiger partial charge >= 0.3 is 0 Å². The van der Waals surface area contributed by atoms with Crippen LogP contribution in [-0.2, 0) is 10.5 Å². The Morgan fingerprint density at radius 1 is 1.43 bits per heavy atom. The number of carbonyl (C=O) groups excluding carboxylic acids is 1. The van der Waals surface area contributed by atoms with Gasteiger partial charge in [0.05, 0.1) is 6.26 Å². The fourth-order valence-corrected chi connectivity index (χ4v) is 1.84. The molecule has 3 heteroatoms. The van der Waals surface area contributed by atoms with Gasteiger partial charge in [0.1, 0.15) is 5.58 Å². The topological polar surface area (TPSA) is 30.2 Å². The summed E-state index contributed by atoms with van der Waals surface area (Å²) in [6.07, 6.45) is 1.67. The van der Waals surface area contributed by atoms with E-state index in [2.05, 4.69) is 6.07 Å². The SMILES string of the molecule is CC(=O)SCc1ccc2occc2c1. The predicted octanol–water partition coefficient (Wildman–Crippen LogP) is 3.21. The van der Waals surface area contributed by atoms with E-state index < -0.39 is 0 Å². The molecule has 2 rings (SSSR count). The van der Waals surface area contributed by atoms with Crippen LogP contribution in [0.5, 0.6) is 0 Å². The van der Waals surface area contributed by atoms with Crippen molar-refractivity contribution >= 4 is 27.8 Å². The number of furan rings is 1. The lowest BCUT2D eigenvalue weighted by molar-refractivity contribution is -0.109. The summed E-state index contributed by atoms with van der Waals surface area (Å²) < 4.78 is 5.22. The Balaban J connectivity index is 2.21. The quantitative estimate of drug-likeness (QED) is 0.755. The van der Waals surface area contributed by atoms with Crippen LogP contribution < -0.4 is 0 Å². The minimum absolute atomic E-state index is 0.150. The van der Waals surface area contributed by atoms with Crippen molar-refractivity contribution in [1.82, 2.24) is 0 Å². The maximum absolute atomic E-state index is 10.8. The summed E-state index contributed by atoms with van der Waals surface area (Å²) in [7, 11) is 0. The van der Waals surface area contributed by atoms with Crippen molar-refractivity contribution < 1.29 is 9.21 Å². The first-order valence-corrected chi connectivity index (χ1v) is 5.34. The fraction of sp³-hybridized carbons (Fsp3) is 0.182. The van der Waals surface area contributed by atoms with Gasteiger partial charge in [-0.25, -0.2) is 0 Å². The largest absolute Gasteiger partial charge is 0.464 e. The van der Waals surface area contributed by atoms with Gasteiger partial charge < -0.3 is 4.42 Å². The molecule has 0 radical (unpaired) electrons. The van der Waals surface area contributed by atoms with Gasteiger partial charge in [0.25, 0.3) is 0 Å². The van der Waals surface area contributed by atoms with E-state index in [4.69, 9.17) is 4.42 Å². The van der Waals surface area contributed by atoms with Gasteiger partial charge in [-0.2, -0.15) is 0 Å². The van der Waals surface area contributed by atoms with Crippen LogP contribution >= 0.6 is 11.8 Å². The lowest BCUT2D eigenvalue weighted by atomic mass is 10.2. The zero-order valence-corrected chi connectivity index (χ0v) is 8.64. The van der Waals surface area contributed by atoms with Crippen LogP contribution in [0.3, 0.4) is 0 Å². The van der Waals surface area contributed by atoms with Crippen LogP contribution in [0.25, 0.3) is 11.0 Å². The van der Waals surface area contributed by atoms with Gasteiger partial charge in [-0.3, -0.25) is 4.79 Å². The molecule has 1 heterocycles. The Labute approximate surface area is 86.3 Å². The van der Waals surface area contributed by atoms with Crippen molar-refractivity contribution in [2.24, 2.45) is 0 Å². The maximum Gasteiger partial charge on any atom is 0.186 e. The molecule has 0 saturated carbocycles. The molecule has 2 aromatic rings. The lowest BCUT2D eigenvalue weighted by Crippen LogP contribution is -1.84. The van der Waals surface area contributed by atoms with Gasteiger partial charge in [-0.1, -0.05) is 17.8 Å². The minimum atomic E-state index is 0.150. The zero-order valence-electron chi connectivity index (χ0n) is 7.82. The van der Waals surface area contributed by atoms with Crippen LogP contribution in [0.15, 0.2) is 34.9 Å². The van der Waals surface area contributed by atoms with E-state index in [0.717, 1.165) is 22.3 Å². The molecule has 1 aromatic carbocycles. The Kier molecular flexibility index (Phi) is 2.59. The molecular formula is C11H10O2S. The van der Waals surface area contributed by atoms with Crippen molar-refractivity contribution in [3.05, 3.63) is 36.1 Å². The summed E-state index contributed by atoms with van der Waals surface area (Å²) in [5.74, 6) is 0.733. The molecule has 2 nitrogen and oxygen atoms in total. The minimum Gasteiger partial charge on any atom is -0.464 e. The Morgan fingerprint density at radius 2 is 2.29 bits per heavy atom. The van der Waals surface area contributed by atoms with Gasteiger partial charge in [0.2, 0.25) is 0 Å². The molecule has 0 atom stereocenters. The van der Waals surface area contributed by atoms with E-state index >= 15 is 0 Å². The molecular weight excluding hydrogens is 196 g/mol. The monoisotopic (exact) mass is 206 g/mol. The van der Waals surface area contributed by atoms with E-state index in [1.54, 1.807) is 13.2 Å². The smallest absolute Gasteiger partial charge is 0.186 e. The lowest BCUT2D eigenvalue weighted by Gasteiger charge is -1.98. The summed E-state index contributed by atoms with van der Waals surface area (Å²) in [5, 5.41) is 1.24. The standard InChI is InChI=1S/C11H10O2S/c1-8(12)14-7-9-2-3-11-10(6-9)4-5-13-11/h2-6H,7H2,1H3. The summed E-state index contributed by atoms with van der Waals surface area (Å²) in [6, 6.07) is 7.90. The normalized spacial score (nSPS) is 10.6. The van der Waals surface area contributed by atoms with Gasteiger partial charge in [-0.15, -0.1) is 0 Å². The Bertz CT molecular complexity index is 459. The summed E-state index contributed by atoms with van der Waals surface area (Å²) in [6.45, 7) is 1.58. The molecule has 0 aliphatic carbocycles. The van der Waals surface area contributed by atoms with E-state index in [9.17, 15) is 4.79 Å². The Hall–Kier alpha value is -1.22. The van der Waals surface area contributed by atoms with Crippen LogP contribution in [-0.4, -0.2) is 5.12 Å². The van der Waals surface area contributed by atoms with Crippen LogP contribution in [0.2, 0.25) is 0 Å². The molecule has 0 unspecified atom stereocenters. The molecule has 0 bridgehead atoms. The first-order chi connectivity index (χ1) is 6.75. The molecule has 0 saturated heterocycles. The van der Waals surface area contributed by atoms with E-state index in [1.165, 1.54) is 11.8 Å². The number of hydrogen-bond acceptors (Lipinski definition) is 3. The highest BCUT2D eigenvalue weighted by Gasteiger charge is 2.00. The third-order valence-electron chi connectivity index (χ3n) is 1.96. The number of rotatable bonds is 2. The predicted molar refractivity (Wildman–Crippen MR) is 58.2 cm³/mol. The molecule has 72 valence electrons. The summed E-state index contributed by atoms with van der Waals surface area (Å²) >= 11 is 1.33. The molecule has 0 aliphatic rings. The number of fused-ring (bicyclic) bond motifs is 1. The average Bonchev–Trinajstić information content (AvgIpc) is 2.61. The van der Waals surface area contributed by atoms with Gasteiger partial charge in [0, 0.05) is 18.1 Å². The fourth-order valence-electron chi connectivity index (χ4n) is 1.29. The molecule has 0 amide bonds. The summed E-state index contributed by atoms with van der Waals surface area (Å²) in [4.78, 5) is 10.8. The van der Waals surface area contributed by atoms with Crippen LogP contribution in [0.4, 0.5) is 0 Å². The second kappa shape index (κ2) is 3.88.